The third kappa shape index (κ3) is 4.12. The van der Waals surface area contributed by atoms with E-state index in [1.165, 1.54) is 0 Å². The molecule has 0 saturated heterocycles. The predicted molar refractivity (Wildman–Crippen MR) is 114 cm³/mol. The lowest BCUT2D eigenvalue weighted by Gasteiger charge is -2.29. The molecular formula is C24H22N2O4. The summed E-state index contributed by atoms with van der Waals surface area (Å²) in [7, 11) is 0. The van der Waals surface area contributed by atoms with Crippen molar-refractivity contribution in [2.75, 3.05) is 13.2 Å². The predicted octanol–water partition coefficient (Wildman–Crippen LogP) is 4.09. The summed E-state index contributed by atoms with van der Waals surface area (Å²) in [6.07, 6.45) is 0. The second kappa shape index (κ2) is 8.69. The van der Waals surface area contributed by atoms with Gasteiger partial charge in [0.2, 0.25) is 0 Å². The Bertz CT molecular complexity index is 1100. The minimum atomic E-state index is -0.604. The molecule has 152 valence electrons. The van der Waals surface area contributed by atoms with Crippen LogP contribution in [0.1, 0.15) is 18.5 Å². The lowest BCUT2D eigenvalue weighted by atomic mass is 9.91. The molecule has 0 radical (unpaired) electrons. The number of nitrogens with one attached hydrogen (secondary N) is 2. The van der Waals surface area contributed by atoms with Gasteiger partial charge in [0.15, 0.2) is 0 Å². The first kappa shape index (κ1) is 19.5. The minimum Gasteiger partial charge on any atom is -0.490 e. The molecule has 4 rings (SSSR count). The molecule has 2 N–H and O–H groups in total. The average Bonchev–Trinajstić information content (AvgIpc) is 2.76. The van der Waals surface area contributed by atoms with Crippen LogP contribution in [0.5, 0.6) is 5.75 Å². The smallest absolute Gasteiger partial charge is 0.338 e. The Hall–Kier alpha value is -3.80. The maximum atomic E-state index is 12.9. The monoisotopic (exact) mass is 402 g/mol. The SMILES string of the molecule is CC1=C(C(=O)OCCOc2ccccc2)C(c2cccc3ccccc23)NC(=O)N1. The first-order valence-electron chi connectivity index (χ1n) is 9.74. The highest BCUT2D eigenvalue weighted by molar-refractivity contribution is 5.97. The summed E-state index contributed by atoms with van der Waals surface area (Å²) in [6.45, 7) is 2.04. The maximum absolute atomic E-state index is 12.9. The van der Waals surface area contributed by atoms with E-state index in [-0.39, 0.29) is 19.2 Å². The molecule has 0 aromatic heterocycles. The highest BCUT2D eigenvalue weighted by Gasteiger charge is 2.33. The minimum absolute atomic E-state index is 0.0979. The van der Waals surface area contributed by atoms with Crippen LogP contribution in [-0.4, -0.2) is 25.2 Å². The molecular weight excluding hydrogens is 380 g/mol. The first-order valence-corrected chi connectivity index (χ1v) is 9.74. The Kier molecular flexibility index (Phi) is 5.66. The van der Waals surface area contributed by atoms with Crippen LogP contribution in [0.3, 0.4) is 0 Å². The van der Waals surface area contributed by atoms with E-state index in [0.29, 0.717) is 17.0 Å². The van der Waals surface area contributed by atoms with Gasteiger partial charge in [0.25, 0.3) is 0 Å². The molecule has 2 amide bonds. The summed E-state index contributed by atoms with van der Waals surface area (Å²) < 4.78 is 11.0. The van der Waals surface area contributed by atoms with Crippen molar-refractivity contribution in [2.24, 2.45) is 0 Å². The molecule has 30 heavy (non-hydrogen) atoms. The summed E-state index contributed by atoms with van der Waals surface area (Å²) in [4.78, 5) is 25.1. The number of esters is 1. The molecule has 1 heterocycles. The van der Waals surface area contributed by atoms with Gasteiger partial charge in [-0.05, 0) is 35.4 Å². The Labute approximate surface area is 174 Å². The Morgan fingerprint density at radius 1 is 0.933 bits per heavy atom. The quantitative estimate of drug-likeness (QED) is 0.481. The van der Waals surface area contributed by atoms with Crippen LogP contribution in [0.15, 0.2) is 84.1 Å². The summed E-state index contributed by atoms with van der Waals surface area (Å²) >= 11 is 0. The van der Waals surface area contributed by atoms with Crippen molar-refractivity contribution in [1.29, 1.82) is 0 Å². The van der Waals surface area contributed by atoms with Gasteiger partial charge in [-0.3, -0.25) is 0 Å². The van der Waals surface area contributed by atoms with Crippen LogP contribution in [0, 0.1) is 0 Å². The van der Waals surface area contributed by atoms with Crippen LogP contribution >= 0.6 is 0 Å². The number of para-hydroxylation sites is 1. The lowest BCUT2D eigenvalue weighted by molar-refractivity contribution is -0.140. The molecule has 0 spiro atoms. The molecule has 1 unspecified atom stereocenters. The number of ether oxygens (including phenoxy) is 2. The number of benzene rings is 3. The number of hydrogen-bond acceptors (Lipinski definition) is 4. The standard InChI is InChI=1S/C24H22N2O4/c1-16-21(23(27)30-15-14-29-18-10-3-2-4-11-18)22(26-24(28)25-16)20-13-7-9-17-8-5-6-12-19(17)20/h2-13,22H,14-15H2,1H3,(H2,25,26,28). The van der Waals surface area contributed by atoms with Crippen molar-refractivity contribution in [3.05, 3.63) is 89.6 Å². The van der Waals surface area contributed by atoms with Gasteiger partial charge in [-0.2, -0.15) is 0 Å². The summed E-state index contributed by atoms with van der Waals surface area (Å²) in [5.41, 5.74) is 1.70. The van der Waals surface area contributed by atoms with Gasteiger partial charge >= 0.3 is 12.0 Å². The van der Waals surface area contributed by atoms with E-state index in [4.69, 9.17) is 9.47 Å². The van der Waals surface area contributed by atoms with Crippen LogP contribution in [-0.2, 0) is 9.53 Å². The van der Waals surface area contributed by atoms with Crippen molar-refractivity contribution in [2.45, 2.75) is 13.0 Å². The highest BCUT2D eigenvalue weighted by atomic mass is 16.6. The molecule has 0 saturated carbocycles. The lowest BCUT2D eigenvalue weighted by Crippen LogP contribution is -2.45. The molecule has 3 aromatic rings. The number of carbonyl (C=O) groups is 2. The van der Waals surface area contributed by atoms with E-state index >= 15 is 0 Å². The van der Waals surface area contributed by atoms with E-state index in [2.05, 4.69) is 10.6 Å². The van der Waals surface area contributed by atoms with E-state index in [0.717, 1.165) is 16.3 Å². The van der Waals surface area contributed by atoms with E-state index in [1.807, 2.05) is 72.8 Å². The van der Waals surface area contributed by atoms with Crippen LogP contribution in [0.2, 0.25) is 0 Å². The van der Waals surface area contributed by atoms with Gasteiger partial charge in [-0.25, -0.2) is 9.59 Å². The molecule has 0 bridgehead atoms. The number of carbonyl (C=O) groups excluding carboxylic acids is 2. The Morgan fingerprint density at radius 3 is 2.50 bits per heavy atom. The number of fused-ring (bicyclic) bond motifs is 1. The Morgan fingerprint density at radius 2 is 1.67 bits per heavy atom. The fourth-order valence-electron chi connectivity index (χ4n) is 3.59. The second-order valence-electron chi connectivity index (χ2n) is 6.94. The number of allylic oxidation sites excluding steroid dienone is 1. The van der Waals surface area contributed by atoms with Crippen molar-refractivity contribution >= 4 is 22.8 Å². The number of amides is 2. The topological polar surface area (TPSA) is 76.7 Å². The van der Waals surface area contributed by atoms with Gasteiger partial charge in [0, 0.05) is 5.70 Å². The molecule has 1 aliphatic heterocycles. The average molecular weight is 402 g/mol. The fourth-order valence-corrected chi connectivity index (χ4v) is 3.59. The van der Waals surface area contributed by atoms with Gasteiger partial charge in [-0.15, -0.1) is 0 Å². The summed E-state index contributed by atoms with van der Waals surface area (Å²) in [5.74, 6) is 0.221. The van der Waals surface area contributed by atoms with Crippen LogP contribution in [0.25, 0.3) is 10.8 Å². The van der Waals surface area contributed by atoms with Crippen LogP contribution < -0.4 is 15.4 Å². The third-order valence-corrected chi connectivity index (χ3v) is 4.95. The third-order valence-electron chi connectivity index (χ3n) is 4.95. The maximum Gasteiger partial charge on any atom is 0.338 e. The van der Waals surface area contributed by atoms with Crippen molar-refractivity contribution in [1.82, 2.24) is 10.6 Å². The number of hydrogen-bond donors (Lipinski definition) is 2. The second-order valence-corrected chi connectivity index (χ2v) is 6.94. The van der Waals surface area contributed by atoms with Gasteiger partial charge in [0.05, 0.1) is 11.6 Å². The van der Waals surface area contributed by atoms with Crippen molar-refractivity contribution < 1.29 is 19.1 Å². The molecule has 6 heteroatoms. The number of rotatable bonds is 6. The summed E-state index contributed by atoms with van der Waals surface area (Å²) in [6, 6.07) is 22.1. The van der Waals surface area contributed by atoms with Crippen LogP contribution in [0.4, 0.5) is 4.79 Å². The summed E-state index contributed by atoms with van der Waals surface area (Å²) in [5, 5.41) is 7.54. The number of urea groups is 1. The zero-order valence-electron chi connectivity index (χ0n) is 16.6. The van der Waals surface area contributed by atoms with Gasteiger partial charge < -0.3 is 20.1 Å². The van der Waals surface area contributed by atoms with E-state index in [9.17, 15) is 9.59 Å². The van der Waals surface area contributed by atoms with E-state index < -0.39 is 12.0 Å². The largest absolute Gasteiger partial charge is 0.490 e. The molecule has 3 aromatic carbocycles. The molecule has 0 fully saturated rings. The molecule has 1 aliphatic rings. The normalized spacial score (nSPS) is 16.0. The fraction of sp³-hybridized carbons (Fsp3) is 0.167. The molecule has 6 nitrogen and oxygen atoms in total. The van der Waals surface area contributed by atoms with E-state index in [1.54, 1.807) is 6.92 Å². The van der Waals surface area contributed by atoms with Gasteiger partial charge in [-0.1, -0.05) is 60.7 Å². The van der Waals surface area contributed by atoms with Gasteiger partial charge in [0.1, 0.15) is 19.0 Å². The van der Waals surface area contributed by atoms with Crippen molar-refractivity contribution in [3.8, 4) is 5.75 Å². The zero-order valence-corrected chi connectivity index (χ0v) is 16.6. The zero-order chi connectivity index (χ0) is 20.9. The highest BCUT2D eigenvalue weighted by Crippen LogP contribution is 2.32. The van der Waals surface area contributed by atoms with Crippen molar-refractivity contribution in [3.63, 3.8) is 0 Å². The molecule has 1 atom stereocenters. The molecule has 0 aliphatic carbocycles. The first-order chi connectivity index (χ1) is 14.6. The Balaban J connectivity index is 1.54.